The van der Waals surface area contributed by atoms with Gasteiger partial charge in [0.25, 0.3) is 5.91 Å². The van der Waals surface area contributed by atoms with E-state index in [2.05, 4.69) is 20.6 Å². The number of benzene rings is 2. The summed E-state index contributed by atoms with van der Waals surface area (Å²) in [5.41, 5.74) is 6.29. The summed E-state index contributed by atoms with van der Waals surface area (Å²) >= 11 is 0. The van der Waals surface area contributed by atoms with Gasteiger partial charge in [-0.05, 0) is 36.8 Å². The average Bonchev–Trinajstić information content (AvgIpc) is 3.32. The Morgan fingerprint density at radius 2 is 1.88 bits per heavy atom. The van der Waals surface area contributed by atoms with Crippen LogP contribution < -0.4 is 16.4 Å². The van der Waals surface area contributed by atoms with Crippen molar-refractivity contribution in [1.82, 2.24) is 9.97 Å². The van der Waals surface area contributed by atoms with Crippen LogP contribution in [0.15, 0.2) is 54.9 Å². The first-order chi connectivity index (χ1) is 16.2. The van der Waals surface area contributed by atoms with Crippen LogP contribution in [0, 0.1) is 5.41 Å². The van der Waals surface area contributed by atoms with Gasteiger partial charge in [-0.25, -0.2) is 9.97 Å². The lowest BCUT2D eigenvalue weighted by Gasteiger charge is -2.17. The Morgan fingerprint density at radius 1 is 1.12 bits per heavy atom. The summed E-state index contributed by atoms with van der Waals surface area (Å²) < 4.78 is 44.1. The molecule has 1 saturated heterocycles. The standard InChI is InChI=1S/C23H21F3N6O2/c24-23(25,26)15-3-1-2-14(10-15)22(33)32-16-6-4-13(5-7-16)19(27)18-20(28)29-12-30-21(18)31-17-8-9-34-11-17/h1-7,10,12,17,27H,8-9,11H2,(H,32,33)(H3,28,29,30,31). The summed E-state index contributed by atoms with van der Waals surface area (Å²) in [5.74, 6) is -0.113. The Bertz CT molecular complexity index is 1210. The van der Waals surface area contributed by atoms with E-state index in [4.69, 9.17) is 15.9 Å². The van der Waals surface area contributed by atoms with Gasteiger partial charge in [-0.1, -0.05) is 18.2 Å². The highest BCUT2D eigenvalue weighted by atomic mass is 19.4. The molecular weight excluding hydrogens is 449 g/mol. The number of carbonyl (C=O) groups is 1. The van der Waals surface area contributed by atoms with Crippen molar-refractivity contribution in [1.29, 1.82) is 5.41 Å². The van der Waals surface area contributed by atoms with Crippen molar-refractivity contribution in [2.24, 2.45) is 0 Å². The number of ether oxygens (including phenoxy) is 1. The fraction of sp³-hybridized carbons (Fsp3) is 0.217. The highest BCUT2D eigenvalue weighted by molar-refractivity contribution is 6.16. The number of hydrogen-bond donors (Lipinski definition) is 4. The van der Waals surface area contributed by atoms with Crippen molar-refractivity contribution in [2.75, 3.05) is 29.6 Å². The molecule has 0 saturated carbocycles. The second-order valence-corrected chi connectivity index (χ2v) is 7.67. The number of nitrogen functional groups attached to an aromatic ring is 1. The van der Waals surface area contributed by atoms with E-state index in [1.165, 1.54) is 18.5 Å². The first-order valence-corrected chi connectivity index (χ1v) is 10.3. The second-order valence-electron chi connectivity index (χ2n) is 7.67. The molecule has 1 fully saturated rings. The summed E-state index contributed by atoms with van der Waals surface area (Å²) in [6, 6.07) is 10.5. The quantitative estimate of drug-likeness (QED) is 0.404. The van der Waals surface area contributed by atoms with E-state index < -0.39 is 17.6 Å². The monoisotopic (exact) mass is 470 g/mol. The van der Waals surface area contributed by atoms with Crippen molar-refractivity contribution in [2.45, 2.75) is 18.6 Å². The van der Waals surface area contributed by atoms with E-state index in [-0.39, 0.29) is 23.1 Å². The smallest absolute Gasteiger partial charge is 0.383 e. The predicted octanol–water partition coefficient (Wildman–Crippen LogP) is 3.95. The third kappa shape index (κ3) is 5.15. The van der Waals surface area contributed by atoms with E-state index in [1.54, 1.807) is 24.3 Å². The van der Waals surface area contributed by atoms with Crippen molar-refractivity contribution >= 4 is 28.9 Å². The van der Waals surface area contributed by atoms with Gasteiger partial charge in [-0.3, -0.25) is 10.2 Å². The topological polar surface area (TPSA) is 126 Å². The van der Waals surface area contributed by atoms with E-state index in [0.29, 0.717) is 35.8 Å². The van der Waals surface area contributed by atoms with Crippen LogP contribution in [0.1, 0.15) is 33.5 Å². The lowest BCUT2D eigenvalue weighted by molar-refractivity contribution is -0.137. The summed E-state index contributed by atoms with van der Waals surface area (Å²) in [6.07, 6.45) is -2.42. The highest BCUT2D eigenvalue weighted by Crippen LogP contribution is 2.30. The van der Waals surface area contributed by atoms with Gasteiger partial charge in [0.1, 0.15) is 18.0 Å². The number of alkyl halides is 3. The van der Waals surface area contributed by atoms with E-state index in [0.717, 1.165) is 18.6 Å². The number of amides is 1. The molecule has 5 N–H and O–H groups in total. The molecule has 0 bridgehead atoms. The van der Waals surface area contributed by atoms with Crippen LogP contribution in [0.5, 0.6) is 0 Å². The normalized spacial score (nSPS) is 15.7. The van der Waals surface area contributed by atoms with Gasteiger partial charge in [-0.2, -0.15) is 13.2 Å². The van der Waals surface area contributed by atoms with E-state index in [9.17, 15) is 18.0 Å². The molecule has 0 radical (unpaired) electrons. The largest absolute Gasteiger partial charge is 0.416 e. The molecule has 34 heavy (non-hydrogen) atoms. The third-order valence-electron chi connectivity index (χ3n) is 5.28. The maximum Gasteiger partial charge on any atom is 0.416 e. The molecule has 1 atom stereocenters. The molecule has 1 amide bonds. The van der Waals surface area contributed by atoms with Crippen molar-refractivity contribution in [3.63, 3.8) is 0 Å². The third-order valence-corrected chi connectivity index (χ3v) is 5.28. The van der Waals surface area contributed by atoms with Gasteiger partial charge in [0.05, 0.1) is 29.5 Å². The lowest BCUT2D eigenvalue weighted by Crippen LogP contribution is -2.23. The molecule has 4 rings (SSSR count). The number of nitrogens with one attached hydrogen (secondary N) is 3. The minimum Gasteiger partial charge on any atom is -0.383 e. The Labute approximate surface area is 192 Å². The molecule has 0 spiro atoms. The first-order valence-electron chi connectivity index (χ1n) is 10.3. The van der Waals surface area contributed by atoms with Crippen LogP contribution in [0.2, 0.25) is 0 Å². The van der Waals surface area contributed by atoms with Crippen LogP contribution >= 0.6 is 0 Å². The molecule has 176 valence electrons. The SMILES string of the molecule is N=C(c1ccc(NC(=O)c2cccc(C(F)(F)F)c2)cc1)c1c(N)ncnc1NC1CCOC1. The molecule has 2 aromatic carbocycles. The molecule has 2 heterocycles. The molecule has 11 heteroatoms. The van der Waals surface area contributed by atoms with Gasteiger partial charge < -0.3 is 21.1 Å². The van der Waals surface area contributed by atoms with Crippen molar-refractivity contribution in [3.8, 4) is 0 Å². The molecule has 1 unspecified atom stereocenters. The molecular formula is C23H21F3N6O2. The summed E-state index contributed by atoms with van der Waals surface area (Å²) in [6.45, 7) is 1.16. The Hall–Kier alpha value is -3.99. The Kier molecular flexibility index (Phi) is 6.46. The zero-order valence-corrected chi connectivity index (χ0v) is 17.8. The highest BCUT2D eigenvalue weighted by Gasteiger charge is 2.31. The van der Waals surface area contributed by atoms with Gasteiger partial charge in [0.15, 0.2) is 0 Å². The summed E-state index contributed by atoms with van der Waals surface area (Å²) in [4.78, 5) is 20.6. The average molecular weight is 470 g/mol. The van der Waals surface area contributed by atoms with E-state index in [1.807, 2.05) is 0 Å². The maximum absolute atomic E-state index is 12.9. The fourth-order valence-corrected chi connectivity index (χ4v) is 3.50. The van der Waals surface area contributed by atoms with Crippen LogP contribution in [-0.2, 0) is 10.9 Å². The fourth-order valence-electron chi connectivity index (χ4n) is 3.50. The minimum absolute atomic E-state index is 0.0503. The number of hydrogen-bond acceptors (Lipinski definition) is 7. The number of anilines is 3. The molecule has 1 aliphatic heterocycles. The van der Waals surface area contributed by atoms with Crippen molar-refractivity contribution < 1.29 is 22.7 Å². The van der Waals surface area contributed by atoms with Gasteiger partial charge in [-0.15, -0.1) is 0 Å². The minimum atomic E-state index is -4.54. The molecule has 0 aliphatic carbocycles. The summed E-state index contributed by atoms with van der Waals surface area (Å²) in [5, 5.41) is 14.4. The van der Waals surface area contributed by atoms with Gasteiger partial charge in [0, 0.05) is 23.4 Å². The van der Waals surface area contributed by atoms with Gasteiger partial charge >= 0.3 is 6.18 Å². The summed E-state index contributed by atoms with van der Waals surface area (Å²) in [7, 11) is 0. The first kappa shape index (κ1) is 23.2. The maximum atomic E-state index is 12.9. The molecule has 3 aromatic rings. The number of nitrogens with two attached hydrogens (primary N) is 1. The van der Waals surface area contributed by atoms with Crippen LogP contribution in [0.4, 0.5) is 30.5 Å². The van der Waals surface area contributed by atoms with Crippen molar-refractivity contribution in [3.05, 3.63) is 77.1 Å². The van der Waals surface area contributed by atoms with Crippen LogP contribution in [-0.4, -0.2) is 40.8 Å². The molecule has 1 aliphatic rings. The predicted molar refractivity (Wildman–Crippen MR) is 121 cm³/mol. The number of nitrogens with zero attached hydrogens (tertiary/aromatic N) is 2. The number of carbonyl (C=O) groups excluding carboxylic acids is 1. The van der Waals surface area contributed by atoms with E-state index >= 15 is 0 Å². The zero-order chi connectivity index (χ0) is 24.3. The molecule has 1 aromatic heterocycles. The second kappa shape index (κ2) is 9.48. The Morgan fingerprint density at radius 3 is 2.56 bits per heavy atom. The number of aromatic nitrogens is 2. The number of halogens is 3. The number of rotatable bonds is 6. The zero-order valence-electron chi connectivity index (χ0n) is 17.8. The van der Waals surface area contributed by atoms with Crippen LogP contribution in [0.25, 0.3) is 0 Å². The molecule has 8 nitrogen and oxygen atoms in total. The van der Waals surface area contributed by atoms with Crippen LogP contribution in [0.3, 0.4) is 0 Å². The van der Waals surface area contributed by atoms with Gasteiger partial charge in [0.2, 0.25) is 0 Å². The Balaban J connectivity index is 1.50. The lowest BCUT2D eigenvalue weighted by atomic mass is 10.0.